The lowest BCUT2D eigenvalue weighted by Gasteiger charge is -2.17. The molecule has 3 heteroatoms. The van der Waals surface area contributed by atoms with Gasteiger partial charge in [-0.1, -0.05) is 15.9 Å². The maximum atomic E-state index is 6.13. The summed E-state index contributed by atoms with van der Waals surface area (Å²) in [7, 11) is 0. The van der Waals surface area contributed by atoms with E-state index in [4.69, 9.17) is 16.3 Å². The highest BCUT2D eigenvalue weighted by Crippen LogP contribution is 2.37. The Labute approximate surface area is 80.6 Å². The molecule has 11 heavy (non-hydrogen) atoms. The van der Waals surface area contributed by atoms with Crippen molar-refractivity contribution in [2.45, 2.75) is 48.1 Å². The lowest BCUT2D eigenvalue weighted by Crippen LogP contribution is -2.18. The van der Waals surface area contributed by atoms with Crippen molar-refractivity contribution in [2.75, 3.05) is 0 Å². The topological polar surface area (TPSA) is 12.5 Å². The van der Waals surface area contributed by atoms with Gasteiger partial charge < -0.3 is 4.74 Å². The lowest BCUT2D eigenvalue weighted by atomic mass is 10.0. The van der Waals surface area contributed by atoms with Gasteiger partial charge in [0.2, 0.25) is 0 Å². The molecule has 4 atom stereocenters. The highest BCUT2D eigenvalue weighted by Gasteiger charge is 2.40. The predicted molar refractivity (Wildman–Crippen MR) is 49.5 cm³/mol. The largest absolute Gasteiger partial charge is 0.370 e. The summed E-state index contributed by atoms with van der Waals surface area (Å²) in [5.41, 5.74) is 0. The van der Waals surface area contributed by atoms with Crippen LogP contribution in [0, 0.1) is 0 Å². The molecule has 2 fully saturated rings. The third-order valence-electron chi connectivity index (χ3n) is 2.53. The average molecular weight is 240 g/mol. The molecule has 1 aliphatic heterocycles. The summed E-state index contributed by atoms with van der Waals surface area (Å²) in [5, 5.41) is 0.306. The Bertz CT molecular complexity index is 137. The zero-order chi connectivity index (χ0) is 7.84. The van der Waals surface area contributed by atoms with Crippen LogP contribution in [-0.4, -0.2) is 22.4 Å². The minimum absolute atomic E-state index is 0.306. The number of ether oxygens (including phenoxy) is 1. The van der Waals surface area contributed by atoms with Gasteiger partial charge in [0.1, 0.15) is 0 Å². The van der Waals surface area contributed by atoms with Crippen molar-refractivity contribution in [3.8, 4) is 0 Å². The van der Waals surface area contributed by atoms with Gasteiger partial charge in [-0.25, -0.2) is 0 Å². The molecular weight excluding hydrogens is 227 g/mol. The van der Waals surface area contributed by atoms with Crippen molar-refractivity contribution in [1.29, 1.82) is 0 Å². The monoisotopic (exact) mass is 238 g/mol. The van der Waals surface area contributed by atoms with Crippen molar-refractivity contribution in [1.82, 2.24) is 0 Å². The minimum Gasteiger partial charge on any atom is -0.370 e. The Kier molecular flexibility index (Phi) is 2.45. The maximum absolute atomic E-state index is 6.13. The quantitative estimate of drug-likeness (QED) is 0.468. The third-order valence-corrected chi connectivity index (χ3v) is 4.46. The van der Waals surface area contributed by atoms with Gasteiger partial charge >= 0.3 is 0 Å². The first-order chi connectivity index (χ1) is 5.27. The Morgan fingerprint density at radius 2 is 1.73 bits per heavy atom. The molecule has 0 radical (unpaired) electrons. The first-order valence-corrected chi connectivity index (χ1v) is 5.56. The van der Waals surface area contributed by atoms with Crippen LogP contribution in [0.2, 0.25) is 0 Å². The van der Waals surface area contributed by atoms with E-state index in [-0.39, 0.29) is 0 Å². The number of alkyl halides is 2. The van der Waals surface area contributed by atoms with Gasteiger partial charge in [0.05, 0.1) is 12.2 Å². The molecule has 0 amide bonds. The molecule has 1 aliphatic carbocycles. The molecule has 0 aromatic heterocycles. The fourth-order valence-corrected chi connectivity index (χ4v) is 2.48. The maximum Gasteiger partial charge on any atom is 0.0842 e. The van der Waals surface area contributed by atoms with Crippen LogP contribution in [0.1, 0.15) is 25.7 Å². The number of halogens is 2. The zero-order valence-electron chi connectivity index (χ0n) is 6.30. The molecule has 2 aliphatic rings. The van der Waals surface area contributed by atoms with Crippen molar-refractivity contribution in [3.63, 3.8) is 0 Å². The molecule has 0 aromatic carbocycles. The summed E-state index contributed by atoms with van der Waals surface area (Å²) in [6.07, 6.45) is 5.72. The SMILES string of the molecule is Cl[C@@H]1CC[C@@H]2O[C@@H]2CC[C@H]1Br. The lowest BCUT2D eigenvalue weighted by molar-refractivity contribution is 0.358. The summed E-state index contributed by atoms with van der Waals surface area (Å²) in [6.45, 7) is 0. The third kappa shape index (κ3) is 1.90. The second kappa shape index (κ2) is 3.23. The van der Waals surface area contributed by atoms with Crippen LogP contribution in [0.15, 0.2) is 0 Å². The molecule has 64 valence electrons. The van der Waals surface area contributed by atoms with E-state index >= 15 is 0 Å². The Morgan fingerprint density at radius 3 is 2.45 bits per heavy atom. The fraction of sp³-hybridized carbons (Fsp3) is 1.00. The van der Waals surface area contributed by atoms with E-state index < -0.39 is 0 Å². The minimum atomic E-state index is 0.306. The molecule has 0 bridgehead atoms. The van der Waals surface area contributed by atoms with Crippen LogP contribution < -0.4 is 0 Å². The van der Waals surface area contributed by atoms with Crippen LogP contribution >= 0.6 is 27.5 Å². The number of fused-ring (bicyclic) bond motifs is 1. The van der Waals surface area contributed by atoms with E-state index in [1.807, 2.05) is 0 Å². The zero-order valence-corrected chi connectivity index (χ0v) is 8.64. The highest BCUT2D eigenvalue weighted by molar-refractivity contribution is 9.09. The second-order valence-corrected chi connectivity index (χ2v) is 5.14. The number of epoxide rings is 1. The molecule has 0 unspecified atom stereocenters. The van der Waals surface area contributed by atoms with Crippen LogP contribution in [-0.2, 0) is 4.74 Å². The fourth-order valence-electron chi connectivity index (χ4n) is 1.70. The smallest absolute Gasteiger partial charge is 0.0842 e. The number of hydrogen-bond acceptors (Lipinski definition) is 1. The molecule has 1 saturated heterocycles. The van der Waals surface area contributed by atoms with Crippen LogP contribution in [0.3, 0.4) is 0 Å². The van der Waals surface area contributed by atoms with Gasteiger partial charge in [0.25, 0.3) is 0 Å². The number of hydrogen-bond donors (Lipinski definition) is 0. The summed E-state index contributed by atoms with van der Waals surface area (Å²) in [4.78, 5) is 0.495. The first-order valence-electron chi connectivity index (χ1n) is 4.21. The van der Waals surface area contributed by atoms with Gasteiger partial charge in [-0.15, -0.1) is 11.6 Å². The van der Waals surface area contributed by atoms with E-state index in [2.05, 4.69) is 15.9 Å². The molecular formula is C8H12BrClO. The molecule has 1 heterocycles. The van der Waals surface area contributed by atoms with Crippen molar-refractivity contribution in [2.24, 2.45) is 0 Å². The molecule has 0 N–H and O–H groups in total. The van der Waals surface area contributed by atoms with E-state index in [9.17, 15) is 0 Å². The Hall–Kier alpha value is 0.730. The molecule has 2 rings (SSSR count). The summed E-state index contributed by atoms with van der Waals surface area (Å²) >= 11 is 9.72. The predicted octanol–water partition coefficient (Wildman–Crippen LogP) is 2.70. The van der Waals surface area contributed by atoms with E-state index in [1.54, 1.807) is 0 Å². The normalized spacial score (nSPS) is 50.7. The molecule has 0 aromatic rings. The molecule has 1 nitrogen and oxygen atoms in total. The van der Waals surface area contributed by atoms with Crippen LogP contribution in [0.25, 0.3) is 0 Å². The van der Waals surface area contributed by atoms with Crippen LogP contribution in [0.5, 0.6) is 0 Å². The van der Waals surface area contributed by atoms with Gasteiger partial charge in [0, 0.05) is 10.2 Å². The van der Waals surface area contributed by atoms with Gasteiger partial charge in [0.15, 0.2) is 0 Å². The van der Waals surface area contributed by atoms with Crippen molar-refractivity contribution >= 4 is 27.5 Å². The van der Waals surface area contributed by atoms with Crippen LogP contribution in [0.4, 0.5) is 0 Å². The van der Waals surface area contributed by atoms with Gasteiger partial charge in [-0.3, -0.25) is 0 Å². The summed E-state index contributed by atoms with van der Waals surface area (Å²) in [5.74, 6) is 0. The average Bonchev–Trinajstić information content (AvgIpc) is 2.72. The van der Waals surface area contributed by atoms with E-state index in [0.29, 0.717) is 22.4 Å². The Balaban J connectivity index is 1.89. The van der Waals surface area contributed by atoms with Crippen molar-refractivity contribution < 1.29 is 4.74 Å². The summed E-state index contributed by atoms with van der Waals surface area (Å²) < 4.78 is 5.45. The van der Waals surface area contributed by atoms with Gasteiger partial charge in [-0.2, -0.15) is 0 Å². The standard InChI is InChI=1S/C8H12BrClO/c9-5-1-3-7-8(11-7)4-2-6(5)10/h5-8H,1-4H2/t5-,6-,7-,8+/m1/s1. The van der Waals surface area contributed by atoms with Gasteiger partial charge in [-0.05, 0) is 25.7 Å². The van der Waals surface area contributed by atoms with E-state index in [0.717, 1.165) is 19.3 Å². The highest BCUT2D eigenvalue weighted by atomic mass is 79.9. The second-order valence-electron chi connectivity index (χ2n) is 3.40. The molecule has 1 saturated carbocycles. The van der Waals surface area contributed by atoms with Crippen molar-refractivity contribution in [3.05, 3.63) is 0 Å². The summed E-state index contributed by atoms with van der Waals surface area (Å²) in [6, 6.07) is 0. The number of rotatable bonds is 0. The Morgan fingerprint density at radius 1 is 1.09 bits per heavy atom. The van der Waals surface area contributed by atoms with E-state index in [1.165, 1.54) is 6.42 Å². The first kappa shape index (κ1) is 8.33. The molecule has 0 spiro atoms.